The molecule has 1 amide bonds. The number of carbonyl (C=O) groups excluding carboxylic acids is 1. The highest BCUT2D eigenvalue weighted by atomic mass is 32.1. The fourth-order valence-electron chi connectivity index (χ4n) is 3.08. The second-order valence-corrected chi connectivity index (χ2v) is 7.98. The minimum Gasteiger partial charge on any atom is -0.352 e. The van der Waals surface area contributed by atoms with Crippen molar-refractivity contribution in [3.05, 3.63) is 82.0 Å². The first-order chi connectivity index (χ1) is 13.1. The molecule has 140 valence electrons. The van der Waals surface area contributed by atoms with Crippen LogP contribution in [0.25, 0.3) is 11.1 Å². The van der Waals surface area contributed by atoms with Crippen LogP contribution in [0.15, 0.2) is 66.0 Å². The summed E-state index contributed by atoms with van der Waals surface area (Å²) in [6.07, 6.45) is 1.33. The van der Waals surface area contributed by atoms with Gasteiger partial charge in [-0.05, 0) is 54.2 Å². The van der Waals surface area contributed by atoms with Crippen LogP contribution < -0.4 is 5.32 Å². The van der Waals surface area contributed by atoms with Gasteiger partial charge in [-0.25, -0.2) is 0 Å². The van der Waals surface area contributed by atoms with E-state index in [0.29, 0.717) is 13.0 Å². The molecular weight excluding hydrogens is 352 g/mol. The summed E-state index contributed by atoms with van der Waals surface area (Å²) in [5.41, 5.74) is 4.79. The molecule has 0 atom stereocenters. The van der Waals surface area contributed by atoms with Crippen molar-refractivity contribution in [2.24, 2.45) is 0 Å². The van der Waals surface area contributed by atoms with Gasteiger partial charge in [0.2, 0.25) is 5.91 Å². The first-order valence-electron chi connectivity index (χ1n) is 9.23. The molecule has 0 bridgehead atoms. The molecule has 4 heteroatoms. The average Bonchev–Trinajstić information content (AvgIpc) is 3.19. The number of carbonyl (C=O) groups is 1. The predicted octanol–water partition coefficient (Wildman–Crippen LogP) is 4.73. The van der Waals surface area contributed by atoms with E-state index in [2.05, 4.69) is 66.8 Å². The van der Waals surface area contributed by atoms with E-state index >= 15 is 0 Å². The van der Waals surface area contributed by atoms with Gasteiger partial charge in [0.05, 0.1) is 0 Å². The zero-order chi connectivity index (χ0) is 19.1. The smallest absolute Gasteiger partial charge is 0.220 e. The number of rotatable bonds is 8. The number of hydrogen-bond acceptors (Lipinski definition) is 3. The molecule has 2 aromatic carbocycles. The van der Waals surface area contributed by atoms with Crippen molar-refractivity contribution in [1.82, 2.24) is 10.2 Å². The molecule has 0 fully saturated rings. The van der Waals surface area contributed by atoms with Crippen molar-refractivity contribution in [3.8, 4) is 11.1 Å². The van der Waals surface area contributed by atoms with Gasteiger partial charge < -0.3 is 10.2 Å². The highest BCUT2D eigenvalue weighted by molar-refractivity contribution is 7.09. The lowest BCUT2D eigenvalue weighted by molar-refractivity contribution is -0.121. The van der Waals surface area contributed by atoms with E-state index in [1.165, 1.54) is 21.6 Å². The van der Waals surface area contributed by atoms with Crippen LogP contribution in [0.1, 0.15) is 22.4 Å². The quantitative estimate of drug-likeness (QED) is 0.615. The molecule has 3 aromatic rings. The van der Waals surface area contributed by atoms with E-state index in [-0.39, 0.29) is 5.91 Å². The summed E-state index contributed by atoms with van der Waals surface area (Å²) in [5, 5.41) is 5.12. The van der Waals surface area contributed by atoms with E-state index < -0.39 is 0 Å². The molecule has 1 heterocycles. The van der Waals surface area contributed by atoms with Crippen molar-refractivity contribution in [1.29, 1.82) is 0 Å². The third kappa shape index (κ3) is 5.78. The van der Waals surface area contributed by atoms with E-state index in [4.69, 9.17) is 0 Å². The summed E-state index contributed by atoms with van der Waals surface area (Å²) >= 11 is 1.70. The molecular formula is C23H26N2OS. The molecule has 0 aliphatic carbocycles. The lowest BCUT2D eigenvalue weighted by Gasteiger charge is -2.13. The van der Waals surface area contributed by atoms with E-state index in [1.54, 1.807) is 11.3 Å². The highest BCUT2D eigenvalue weighted by Crippen LogP contribution is 2.24. The van der Waals surface area contributed by atoms with E-state index in [0.717, 1.165) is 18.5 Å². The summed E-state index contributed by atoms with van der Waals surface area (Å²) in [5.74, 6) is 0.0968. The van der Waals surface area contributed by atoms with Gasteiger partial charge in [0.1, 0.15) is 0 Å². The van der Waals surface area contributed by atoms with Gasteiger partial charge in [0.25, 0.3) is 0 Å². The molecule has 27 heavy (non-hydrogen) atoms. The highest BCUT2D eigenvalue weighted by Gasteiger charge is 2.08. The minimum absolute atomic E-state index is 0.0968. The van der Waals surface area contributed by atoms with E-state index in [1.807, 2.05) is 23.6 Å². The van der Waals surface area contributed by atoms with Gasteiger partial charge >= 0.3 is 0 Å². The van der Waals surface area contributed by atoms with Crippen molar-refractivity contribution in [2.45, 2.75) is 25.9 Å². The number of aryl methyl sites for hydroxylation is 1. The standard InChI is InChI=1S/C23H26N2OS/c1-25(2)17-18-9-11-19(12-10-18)22-8-4-3-6-20(22)16-24-23(26)14-13-21-7-5-15-27-21/h3-12,15H,13-14,16-17H2,1-2H3,(H,24,26). The van der Waals surface area contributed by atoms with Crippen LogP contribution in [-0.4, -0.2) is 24.9 Å². The first-order valence-corrected chi connectivity index (χ1v) is 10.1. The normalized spacial score (nSPS) is 10.9. The monoisotopic (exact) mass is 378 g/mol. The Labute approximate surface area is 165 Å². The minimum atomic E-state index is 0.0968. The zero-order valence-electron chi connectivity index (χ0n) is 15.9. The molecule has 3 nitrogen and oxygen atoms in total. The van der Waals surface area contributed by atoms with Gasteiger partial charge in [-0.2, -0.15) is 0 Å². The summed E-state index contributed by atoms with van der Waals surface area (Å²) in [7, 11) is 4.15. The van der Waals surface area contributed by atoms with Crippen LogP contribution in [0.4, 0.5) is 0 Å². The fraction of sp³-hybridized carbons (Fsp3) is 0.261. The van der Waals surface area contributed by atoms with Gasteiger partial charge in [0.15, 0.2) is 0 Å². The molecule has 0 spiro atoms. The summed E-state index contributed by atoms with van der Waals surface area (Å²) < 4.78 is 0. The molecule has 0 radical (unpaired) electrons. The Morgan fingerprint density at radius 2 is 1.78 bits per heavy atom. The van der Waals surface area contributed by atoms with Crippen LogP contribution in [0.3, 0.4) is 0 Å². The predicted molar refractivity (Wildman–Crippen MR) is 114 cm³/mol. The fourth-order valence-corrected chi connectivity index (χ4v) is 3.79. The third-order valence-corrected chi connectivity index (χ3v) is 5.37. The Kier molecular flexibility index (Phi) is 6.80. The molecule has 0 saturated heterocycles. The summed E-state index contributed by atoms with van der Waals surface area (Å²) in [6, 6.07) is 21.0. The first kappa shape index (κ1) is 19.3. The molecule has 3 rings (SSSR count). The number of thiophene rings is 1. The Hall–Kier alpha value is -2.43. The Balaban J connectivity index is 1.62. The Morgan fingerprint density at radius 1 is 1.00 bits per heavy atom. The van der Waals surface area contributed by atoms with Crippen molar-refractivity contribution in [3.63, 3.8) is 0 Å². The maximum atomic E-state index is 12.2. The van der Waals surface area contributed by atoms with Crippen LogP contribution in [0, 0.1) is 0 Å². The van der Waals surface area contributed by atoms with Crippen LogP contribution in [0.2, 0.25) is 0 Å². The number of benzene rings is 2. The zero-order valence-corrected chi connectivity index (χ0v) is 16.8. The van der Waals surface area contributed by atoms with Crippen LogP contribution >= 0.6 is 11.3 Å². The lowest BCUT2D eigenvalue weighted by atomic mass is 9.98. The van der Waals surface area contributed by atoms with Gasteiger partial charge in [-0.1, -0.05) is 54.6 Å². The molecule has 0 saturated carbocycles. The maximum Gasteiger partial charge on any atom is 0.220 e. The number of nitrogens with one attached hydrogen (secondary N) is 1. The number of nitrogens with zero attached hydrogens (tertiary/aromatic N) is 1. The Morgan fingerprint density at radius 3 is 2.48 bits per heavy atom. The second-order valence-electron chi connectivity index (χ2n) is 6.95. The topological polar surface area (TPSA) is 32.3 Å². The summed E-state index contributed by atoms with van der Waals surface area (Å²) in [6.45, 7) is 1.49. The van der Waals surface area contributed by atoms with Gasteiger partial charge in [-0.15, -0.1) is 11.3 Å². The SMILES string of the molecule is CN(C)Cc1ccc(-c2ccccc2CNC(=O)CCc2cccs2)cc1. The van der Waals surface area contributed by atoms with Gasteiger partial charge in [-0.3, -0.25) is 4.79 Å². The van der Waals surface area contributed by atoms with Crippen molar-refractivity contribution in [2.75, 3.05) is 14.1 Å². The molecule has 0 unspecified atom stereocenters. The van der Waals surface area contributed by atoms with Crippen LogP contribution in [-0.2, 0) is 24.3 Å². The molecule has 1 aromatic heterocycles. The number of amides is 1. The average molecular weight is 379 g/mol. The molecule has 1 N–H and O–H groups in total. The second kappa shape index (κ2) is 9.49. The van der Waals surface area contributed by atoms with Crippen LogP contribution in [0.5, 0.6) is 0 Å². The maximum absolute atomic E-state index is 12.2. The van der Waals surface area contributed by atoms with Crippen molar-refractivity contribution < 1.29 is 4.79 Å². The Bertz CT molecular complexity index is 854. The largest absolute Gasteiger partial charge is 0.352 e. The lowest BCUT2D eigenvalue weighted by Crippen LogP contribution is -2.23. The van der Waals surface area contributed by atoms with Crippen molar-refractivity contribution >= 4 is 17.2 Å². The summed E-state index contributed by atoms with van der Waals surface area (Å²) in [4.78, 5) is 15.6. The third-order valence-electron chi connectivity index (χ3n) is 4.44. The number of hydrogen-bond donors (Lipinski definition) is 1. The molecule has 0 aliphatic rings. The van der Waals surface area contributed by atoms with E-state index in [9.17, 15) is 4.79 Å². The van der Waals surface area contributed by atoms with Gasteiger partial charge in [0, 0.05) is 24.4 Å². The molecule has 0 aliphatic heterocycles.